The standard InChI is InChI=1S/C27H32N4O3S/c1-3-4-16-35(33,34)19(2)26-29-17-25(31(26)18-24(28)20-8-6-5-7-9-20)21-10-12-22(13-11-21)27(32)30-23-14-15-23/h5-13,17-19,23H,3-4,14-16,28H2,1-2H3,(H,30,32)/b24-18-. The highest BCUT2D eigenvalue weighted by Gasteiger charge is 2.28. The normalized spacial score (nSPS) is 15.1. The van der Waals surface area contributed by atoms with Gasteiger partial charge in [-0.05, 0) is 43.9 Å². The third-order valence-electron chi connectivity index (χ3n) is 6.24. The summed E-state index contributed by atoms with van der Waals surface area (Å²) < 4.78 is 27.8. The number of carbonyl (C=O) groups excluding carboxylic acids is 1. The van der Waals surface area contributed by atoms with Crippen LogP contribution >= 0.6 is 0 Å². The van der Waals surface area contributed by atoms with Crippen LogP contribution in [0.1, 0.15) is 66.5 Å². The minimum absolute atomic E-state index is 0.0860. The van der Waals surface area contributed by atoms with E-state index in [-0.39, 0.29) is 17.7 Å². The molecule has 0 aliphatic heterocycles. The molecule has 1 aliphatic carbocycles. The van der Waals surface area contributed by atoms with Gasteiger partial charge in [0.1, 0.15) is 11.1 Å². The lowest BCUT2D eigenvalue weighted by Crippen LogP contribution is -2.25. The Balaban J connectivity index is 1.73. The second-order valence-corrected chi connectivity index (χ2v) is 11.5. The smallest absolute Gasteiger partial charge is 0.251 e. The molecule has 1 amide bonds. The maximum atomic E-state index is 13.0. The van der Waals surface area contributed by atoms with Crippen LogP contribution in [-0.2, 0) is 9.84 Å². The third kappa shape index (κ3) is 5.82. The predicted molar refractivity (Wildman–Crippen MR) is 140 cm³/mol. The largest absolute Gasteiger partial charge is 0.397 e. The molecule has 35 heavy (non-hydrogen) atoms. The summed E-state index contributed by atoms with van der Waals surface area (Å²) in [7, 11) is -3.40. The summed E-state index contributed by atoms with van der Waals surface area (Å²) in [4.78, 5) is 16.9. The van der Waals surface area contributed by atoms with Crippen LogP contribution in [0.15, 0.2) is 60.8 Å². The van der Waals surface area contributed by atoms with E-state index >= 15 is 0 Å². The van der Waals surface area contributed by atoms with Crippen molar-refractivity contribution in [1.29, 1.82) is 0 Å². The average Bonchev–Trinajstić information content (AvgIpc) is 3.59. The Morgan fingerprint density at radius 2 is 1.83 bits per heavy atom. The van der Waals surface area contributed by atoms with E-state index in [1.54, 1.807) is 36.0 Å². The van der Waals surface area contributed by atoms with Gasteiger partial charge in [0.2, 0.25) is 0 Å². The molecule has 7 nitrogen and oxygen atoms in total. The molecule has 1 atom stereocenters. The van der Waals surface area contributed by atoms with Crippen LogP contribution in [0.5, 0.6) is 0 Å². The fraction of sp³-hybridized carbons (Fsp3) is 0.333. The van der Waals surface area contributed by atoms with Crippen molar-refractivity contribution in [3.8, 4) is 11.3 Å². The van der Waals surface area contributed by atoms with Crippen molar-refractivity contribution in [2.75, 3.05) is 5.75 Å². The van der Waals surface area contributed by atoms with Crippen LogP contribution in [0.25, 0.3) is 23.2 Å². The Labute approximate surface area is 207 Å². The van der Waals surface area contributed by atoms with E-state index in [9.17, 15) is 13.2 Å². The summed E-state index contributed by atoms with van der Waals surface area (Å²) in [5.74, 6) is 0.429. The molecule has 2 aromatic carbocycles. The van der Waals surface area contributed by atoms with Gasteiger partial charge >= 0.3 is 0 Å². The zero-order valence-corrected chi connectivity index (χ0v) is 21.0. The topological polar surface area (TPSA) is 107 Å². The molecule has 1 aromatic heterocycles. The molecule has 0 saturated heterocycles. The van der Waals surface area contributed by atoms with Gasteiger partial charge in [0.05, 0.1) is 23.3 Å². The second-order valence-electron chi connectivity index (χ2n) is 9.01. The number of hydrogen-bond acceptors (Lipinski definition) is 5. The Morgan fingerprint density at radius 3 is 2.46 bits per heavy atom. The van der Waals surface area contributed by atoms with E-state index in [1.165, 1.54) is 0 Å². The molecule has 3 aromatic rings. The Kier molecular flexibility index (Phi) is 7.40. The molecule has 1 saturated carbocycles. The van der Waals surface area contributed by atoms with Crippen molar-refractivity contribution < 1.29 is 13.2 Å². The fourth-order valence-electron chi connectivity index (χ4n) is 3.84. The quantitative estimate of drug-likeness (QED) is 0.429. The zero-order valence-electron chi connectivity index (χ0n) is 20.1. The molecule has 3 N–H and O–H groups in total. The SMILES string of the molecule is CCCCS(=O)(=O)C(C)c1ncc(-c2ccc(C(=O)NC3CC3)cc2)n1/C=C(\N)c1ccccc1. The second kappa shape index (κ2) is 10.5. The first-order valence-corrected chi connectivity index (χ1v) is 13.7. The predicted octanol–water partition coefficient (Wildman–Crippen LogP) is 4.63. The minimum Gasteiger partial charge on any atom is -0.397 e. The lowest BCUT2D eigenvalue weighted by atomic mass is 10.1. The highest BCUT2D eigenvalue weighted by Crippen LogP contribution is 2.30. The number of nitrogens with one attached hydrogen (secondary N) is 1. The van der Waals surface area contributed by atoms with E-state index < -0.39 is 15.1 Å². The Bertz CT molecular complexity index is 1310. The first kappa shape index (κ1) is 24.7. The van der Waals surface area contributed by atoms with Crippen LogP contribution in [0.4, 0.5) is 0 Å². The van der Waals surface area contributed by atoms with Crippen molar-refractivity contribution in [2.24, 2.45) is 5.73 Å². The van der Waals surface area contributed by atoms with Crippen molar-refractivity contribution in [3.63, 3.8) is 0 Å². The molecule has 0 spiro atoms. The monoisotopic (exact) mass is 492 g/mol. The number of sulfone groups is 1. The van der Waals surface area contributed by atoms with Gasteiger partial charge < -0.3 is 11.1 Å². The maximum absolute atomic E-state index is 13.0. The van der Waals surface area contributed by atoms with Gasteiger partial charge in [-0.3, -0.25) is 9.36 Å². The summed E-state index contributed by atoms with van der Waals surface area (Å²) in [6.07, 6.45) is 6.85. The van der Waals surface area contributed by atoms with Gasteiger partial charge in [0.25, 0.3) is 5.91 Å². The molecule has 1 heterocycles. The number of hydrogen-bond donors (Lipinski definition) is 2. The summed E-state index contributed by atoms with van der Waals surface area (Å²) >= 11 is 0. The lowest BCUT2D eigenvalue weighted by Gasteiger charge is -2.15. The molecular weight excluding hydrogens is 460 g/mol. The molecule has 1 fully saturated rings. The van der Waals surface area contributed by atoms with Gasteiger partial charge in [0, 0.05) is 23.4 Å². The Morgan fingerprint density at radius 1 is 1.14 bits per heavy atom. The highest BCUT2D eigenvalue weighted by atomic mass is 32.2. The number of carbonyl (C=O) groups is 1. The number of imidazole rings is 1. The number of nitrogens with zero attached hydrogens (tertiary/aromatic N) is 2. The maximum Gasteiger partial charge on any atom is 0.251 e. The van der Waals surface area contributed by atoms with Gasteiger partial charge in [-0.25, -0.2) is 13.4 Å². The van der Waals surface area contributed by atoms with E-state index in [1.807, 2.05) is 49.4 Å². The van der Waals surface area contributed by atoms with E-state index in [0.717, 1.165) is 30.4 Å². The van der Waals surface area contributed by atoms with E-state index in [0.29, 0.717) is 29.2 Å². The molecule has 184 valence electrons. The first-order chi connectivity index (χ1) is 16.8. The molecule has 1 aliphatic rings. The van der Waals surface area contributed by atoms with Crippen molar-refractivity contribution in [2.45, 2.75) is 50.8 Å². The molecule has 4 rings (SSSR count). The number of unbranched alkanes of at least 4 members (excludes halogenated alkanes) is 1. The zero-order chi connectivity index (χ0) is 25.0. The Hall–Kier alpha value is -3.39. The average molecular weight is 493 g/mol. The van der Waals surface area contributed by atoms with E-state index in [2.05, 4.69) is 10.3 Å². The molecular formula is C27H32N4O3S. The van der Waals surface area contributed by atoms with Gasteiger partial charge in [-0.1, -0.05) is 55.8 Å². The number of benzene rings is 2. The van der Waals surface area contributed by atoms with Gasteiger partial charge in [-0.2, -0.15) is 0 Å². The molecule has 8 heteroatoms. The summed E-state index contributed by atoms with van der Waals surface area (Å²) in [5, 5.41) is 2.19. The molecule has 0 bridgehead atoms. The van der Waals surface area contributed by atoms with Gasteiger partial charge in [0.15, 0.2) is 9.84 Å². The molecule has 1 unspecified atom stereocenters. The third-order valence-corrected chi connectivity index (χ3v) is 8.39. The van der Waals surface area contributed by atoms with Crippen molar-refractivity contribution in [3.05, 3.63) is 77.7 Å². The summed E-state index contributed by atoms with van der Waals surface area (Å²) in [5.41, 5.74) is 9.83. The number of nitrogens with two attached hydrogens (primary N) is 1. The van der Waals surface area contributed by atoms with Crippen LogP contribution in [-0.4, -0.2) is 35.7 Å². The van der Waals surface area contributed by atoms with E-state index in [4.69, 9.17) is 5.73 Å². The number of aromatic nitrogens is 2. The fourth-order valence-corrected chi connectivity index (χ4v) is 5.38. The number of rotatable bonds is 10. The molecule has 0 radical (unpaired) electrons. The van der Waals surface area contributed by atoms with Crippen LogP contribution in [0, 0.1) is 0 Å². The number of amides is 1. The van der Waals surface area contributed by atoms with Crippen LogP contribution in [0.2, 0.25) is 0 Å². The van der Waals surface area contributed by atoms with Crippen LogP contribution < -0.4 is 11.1 Å². The minimum atomic E-state index is -3.40. The van der Waals surface area contributed by atoms with Gasteiger partial charge in [-0.15, -0.1) is 0 Å². The first-order valence-electron chi connectivity index (χ1n) is 12.0. The summed E-state index contributed by atoms with van der Waals surface area (Å²) in [6, 6.07) is 17.0. The van der Waals surface area contributed by atoms with Crippen molar-refractivity contribution in [1.82, 2.24) is 14.9 Å². The lowest BCUT2D eigenvalue weighted by molar-refractivity contribution is 0.0951. The van der Waals surface area contributed by atoms with Crippen LogP contribution in [0.3, 0.4) is 0 Å². The highest BCUT2D eigenvalue weighted by molar-refractivity contribution is 7.91. The van der Waals surface area contributed by atoms with Crippen molar-refractivity contribution >= 4 is 27.6 Å². The summed E-state index contributed by atoms with van der Waals surface area (Å²) in [6.45, 7) is 3.64.